The summed E-state index contributed by atoms with van der Waals surface area (Å²) in [5.41, 5.74) is 17.2. The van der Waals surface area contributed by atoms with Crippen molar-refractivity contribution in [3.8, 4) is 89.8 Å². The van der Waals surface area contributed by atoms with E-state index in [1.807, 2.05) is 78.9 Å². The SMILES string of the molecule is CN1C(c2cccc(-c3cccc(-c4ccccc4)c3)c2)=NC(c2ccccc2)=NC1c1cccc(-c2cccc(-c3cccc(-c4cccc(-c5nc(-c6ccccc6)nc(-c6ccccc6)n5)c4)c3)c2)c1. The fourth-order valence-electron chi connectivity index (χ4n) is 9.58. The Morgan fingerprint density at radius 2 is 0.575 bits per heavy atom. The van der Waals surface area contributed by atoms with Gasteiger partial charge in [-0.25, -0.2) is 24.9 Å². The topological polar surface area (TPSA) is 66.6 Å². The second kappa shape index (κ2) is 20.0. The minimum atomic E-state index is -0.323. The zero-order valence-corrected chi connectivity index (χ0v) is 40.2. The van der Waals surface area contributed by atoms with E-state index in [1.54, 1.807) is 0 Å². The highest BCUT2D eigenvalue weighted by Crippen LogP contribution is 2.36. The summed E-state index contributed by atoms with van der Waals surface area (Å²) in [6.07, 6.45) is -0.323. The van der Waals surface area contributed by atoms with Gasteiger partial charge in [0.1, 0.15) is 5.84 Å². The maximum atomic E-state index is 5.35. The molecule has 0 spiro atoms. The summed E-state index contributed by atoms with van der Waals surface area (Å²) < 4.78 is 0. The molecule has 1 unspecified atom stereocenters. The van der Waals surface area contributed by atoms with Crippen LogP contribution in [0.1, 0.15) is 22.9 Å². The van der Waals surface area contributed by atoms with Gasteiger partial charge in [0.25, 0.3) is 0 Å². The maximum Gasteiger partial charge on any atom is 0.164 e. The Labute approximate surface area is 426 Å². The van der Waals surface area contributed by atoms with Gasteiger partial charge in [0.05, 0.1) is 0 Å². The zero-order valence-electron chi connectivity index (χ0n) is 40.2. The van der Waals surface area contributed by atoms with Gasteiger partial charge >= 0.3 is 0 Å². The van der Waals surface area contributed by atoms with Crippen LogP contribution < -0.4 is 0 Å². The molecule has 0 radical (unpaired) electrons. The number of aliphatic imine (C=N–C) groups is 2. The van der Waals surface area contributed by atoms with Crippen LogP contribution >= 0.6 is 0 Å². The van der Waals surface area contributed by atoms with Crippen molar-refractivity contribution >= 4 is 11.7 Å². The molecule has 73 heavy (non-hydrogen) atoms. The molecule has 0 amide bonds. The third-order valence-corrected chi connectivity index (χ3v) is 13.3. The van der Waals surface area contributed by atoms with Gasteiger partial charge in [-0.2, -0.15) is 0 Å². The number of aromatic nitrogens is 3. The van der Waals surface area contributed by atoms with Crippen LogP contribution in [0.2, 0.25) is 0 Å². The van der Waals surface area contributed by atoms with Crippen molar-refractivity contribution in [3.05, 3.63) is 284 Å². The van der Waals surface area contributed by atoms with Crippen molar-refractivity contribution in [2.24, 2.45) is 9.98 Å². The lowest BCUT2D eigenvalue weighted by Crippen LogP contribution is -2.35. The van der Waals surface area contributed by atoms with Crippen LogP contribution in [0, 0.1) is 0 Å². The molecule has 1 atom stereocenters. The van der Waals surface area contributed by atoms with Gasteiger partial charge in [-0.15, -0.1) is 0 Å². The second-order valence-electron chi connectivity index (χ2n) is 18.2. The predicted molar refractivity (Wildman–Crippen MR) is 300 cm³/mol. The molecule has 6 nitrogen and oxygen atoms in total. The van der Waals surface area contributed by atoms with Gasteiger partial charge in [0.2, 0.25) is 0 Å². The van der Waals surface area contributed by atoms with Gasteiger partial charge < -0.3 is 4.90 Å². The highest BCUT2D eigenvalue weighted by molar-refractivity contribution is 6.13. The third-order valence-electron chi connectivity index (χ3n) is 13.3. The van der Waals surface area contributed by atoms with Crippen LogP contribution in [0.3, 0.4) is 0 Å². The first-order valence-corrected chi connectivity index (χ1v) is 24.6. The zero-order chi connectivity index (χ0) is 48.9. The van der Waals surface area contributed by atoms with E-state index in [-0.39, 0.29) is 6.17 Å². The first-order chi connectivity index (χ1) is 36.1. The number of rotatable bonds is 11. The van der Waals surface area contributed by atoms with Crippen molar-refractivity contribution in [2.75, 3.05) is 7.05 Å². The number of amidine groups is 2. The van der Waals surface area contributed by atoms with E-state index in [2.05, 4.69) is 200 Å². The molecule has 0 saturated carbocycles. The Hall–Kier alpha value is -9.65. The van der Waals surface area contributed by atoms with E-state index in [1.165, 1.54) is 11.1 Å². The molecule has 1 aliphatic heterocycles. The molecule has 11 aromatic rings. The first-order valence-electron chi connectivity index (χ1n) is 24.6. The highest BCUT2D eigenvalue weighted by Gasteiger charge is 2.27. The van der Waals surface area contributed by atoms with Crippen LogP contribution in [0.15, 0.2) is 277 Å². The Morgan fingerprint density at radius 1 is 0.274 bits per heavy atom. The maximum absolute atomic E-state index is 5.35. The molecule has 0 aliphatic carbocycles. The van der Waals surface area contributed by atoms with Crippen molar-refractivity contribution in [1.82, 2.24) is 19.9 Å². The van der Waals surface area contributed by atoms with Crippen LogP contribution in [-0.2, 0) is 0 Å². The Kier molecular flexibility index (Phi) is 12.2. The van der Waals surface area contributed by atoms with Gasteiger partial charge in [-0.05, 0) is 97.6 Å². The molecular formula is C67H48N6. The molecule has 10 aromatic carbocycles. The van der Waals surface area contributed by atoms with Crippen molar-refractivity contribution in [3.63, 3.8) is 0 Å². The molecule has 1 aromatic heterocycles. The molecule has 6 heteroatoms. The van der Waals surface area contributed by atoms with Crippen LogP contribution in [0.5, 0.6) is 0 Å². The number of hydrogen-bond acceptors (Lipinski definition) is 6. The molecule has 2 heterocycles. The normalized spacial score (nSPS) is 13.3. The van der Waals surface area contributed by atoms with Crippen molar-refractivity contribution in [1.29, 1.82) is 0 Å². The lowest BCUT2D eigenvalue weighted by molar-refractivity contribution is 0.383. The molecular weight excluding hydrogens is 889 g/mol. The van der Waals surface area contributed by atoms with Gasteiger partial charge in [0.15, 0.2) is 29.5 Å². The number of hydrogen-bond donors (Lipinski definition) is 0. The Morgan fingerprint density at radius 3 is 1.03 bits per heavy atom. The lowest BCUT2D eigenvalue weighted by Gasteiger charge is -2.33. The van der Waals surface area contributed by atoms with E-state index in [9.17, 15) is 0 Å². The quantitative estimate of drug-likeness (QED) is 0.130. The van der Waals surface area contributed by atoms with E-state index in [4.69, 9.17) is 24.9 Å². The van der Waals surface area contributed by atoms with Gasteiger partial charge in [0, 0.05) is 34.9 Å². The molecule has 0 N–H and O–H groups in total. The van der Waals surface area contributed by atoms with E-state index in [0.717, 1.165) is 83.7 Å². The summed E-state index contributed by atoms with van der Waals surface area (Å²) in [7, 11) is 2.10. The average molecular weight is 937 g/mol. The lowest BCUT2D eigenvalue weighted by atomic mass is 9.95. The second-order valence-corrected chi connectivity index (χ2v) is 18.2. The monoisotopic (exact) mass is 936 g/mol. The number of benzene rings is 10. The average Bonchev–Trinajstić information content (AvgIpc) is 3.48. The fraction of sp³-hybridized carbons (Fsp3) is 0.0299. The molecule has 346 valence electrons. The summed E-state index contributed by atoms with van der Waals surface area (Å²) in [5, 5.41) is 0. The first kappa shape index (κ1) is 44.6. The smallest absolute Gasteiger partial charge is 0.164 e. The fourth-order valence-corrected chi connectivity index (χ4v) is 9.58. The Balaban J connectivity index is 0.845. The van der Waals surface area contributed by atoms with Gasteiger partial charge in [-0.3, -0.25) is 0 Å². The summed E-state index contributed by atoms with van der Waals surface area (Å²) in [5.74, 6) is 3.47. The van der Waals surface area contributed by atoms with Gasteiger partial charge in [-0.1, -0.05) is 231 Å². The molecule has 1 aliphatic rings. The Bertz CT molecular complexity index is 3760. The number of nitrogens with zero attached hydrogens (tertiary/aromatic N) is 6. The van der Waals surface area contributed by atoms with Crippen LogP contribution in [0.25, 0.3) is 89.8 Å². The summed E-state index contributed by atoms with van der Waals surface area (Å²) in [6, 6.07) is 93.2. The van der Waals surface area contributed by atoms with Crippen LogP contribution in [0.4, 0.5) is 0 Å². The van der Waals surface area contributed by atoms with E-state index in [0.29, 0.717) is 23.3 Å². The largest absolute Gasteiger partial charge is 0.333 e. The third kappa shape index (κ3) is 9.53. The highest BCUT2D eigenvalue weighted by atomic mass is 15.3. The summed E-state index contributed by atoms with van der Waals surface area (Å²) in [4.78, 5) is 27.7. The molecule has 0 bridgehead atoms. The summed E-state index contributed by atoms with van der Waals surface area (Å²) in [6.45, 7) is 0. The van der Waals surface area contributed by atoms with Crippen molar-refractivity contribution in [2.45, 2.75) is 6.17 Å². The molecule has 0 saturated heterocycles. The van der Waals surface area contributed by atoms with Crippen LogP contribution in [-0.4, -0.2) is 38.6 Å². The molecule has 12 rings (SSSR count). The summed E-state index contributed by atoms with van der Waals surface area (Å²) >= 11 is 0. The molecule has 0 fully saturated rings. The predicted octanol–water partition coefficient (Wildman–Crippen LogP) is 16.0. The standard InChI is InChI=1S/C67H48N6/c1-73-66(60-38-18-35-57(44-60)51-29-14-28-50(40-51)46-20-6-2-7-21-46)71-64(49-26-12-5-13-27-49)72-67(73)61-39-19-36-58(45-61)55-33-16-31-53(42-55)52-30-15-32-54(41-52)56-34-17-37-59(43-56)65-69-62(47-22-8-3-9-23-47)68-63(70-65)48-24-10-4-11-25-48/h2-45,67H,1H3. The minimum absolute atomic E-state index is 0.323. The van der Waals surface area contributed by atoms with Crippen molar-refractivity contribution < 1.29 is 0 Å². The van der Waals surface area contributed by atoms with E-state index < -0.39 is 0 Å². The van der Waals surface area contributed by atoms with E-state index >= 15 is 0 Å². The minimum Gasteiger partial charge on any atom is -0.333 e.